The molecule has 0 atom stereocenters. The molecule has 0 N–H and O–H groups in total. The first-order chi connectivity index (χ1) is 14.2. The number of fused-ring (bicyclic) bond motifs is 1. The topological polar surface area (TPSA) is 73.8 Å². The summed E-state index contributed by atoms with van der Waals surface area (Å²) in [5.74, 6) is 1.46. The molecule has 144 valence electrons. The molecule has 0 aliphatic heterocycles. The molecule has 1 aromatic carbocycles. The van der Waals surface area contributed by atoms with Crippen LogP contribution in [0.25, 0.3) is 26.3 Å². The lowest BCUT2D eigenvalue weighted by molar-refractivity contribution is 0.485. The minimum absolute atomic E-state index is 0.0740. The van der Waals surface area contributed by atoms with Crippen LogP contribution in [0.1, 0.15) is 11.8 Å². The lowest BCUT2D eigenvalue weighted by Crippen LogP contribution is -2.21. The van der Waals surface area contributed by atoms with Gasteiger partial charge < -0.3 is 4.42 Å². The fraction of sp³-hybridized carbons (Fsp3) is 0.100. The normalized spacial score (nSPS) is 11.3. The van der Waals surface area contributed by atoms with E-state index in [2.05, 4.69) is 10.2 Å². The van der Waals surface area contributed by atoms with Crippen molar-refractivity contribution in [1.29, 1.82) is 0 Å². The van der Waals surface area contributed by atoms with Crippen LogP contribution < -0.4 is 5.56 Å². The Labute approximate surface area is 177 Å². The first-order valence-corrected chi connectivity index (χ1v) is 11.5. The van der Waals surface area contributed by atoms with Gasteiger partial charge in [-0.1, -0.05) is 36.0 Å². The fourth-order valence-corrected chi connectivity index (χ4v) is 5.66. The van der Waals surface area contributed by atoms with E-state index in [-0.39, 0.29) is 5.56 Å². The molecule has 0 amide bonds. The average molecular weight is 439 g/mol. The SMILES string of the molecule is Cc1nnc(CSc2nc3scc(-c4cccs4)c3c(=O)n2-c2ccccc2)o1. The largest absolute Gasteiger partial charge is 0.425 e. The Kier molecular flexibility index (Phi) is 4.78. The molecule has 0 aliphatic rings. The van der Waals surface area contributed by atoms with Gasteiger partial charge in [-0.3, -0.25) is 9.36 Å². The third kappa shape index (κ3) is 3.41. The highest BCUT2D eigenvalue weighted by atomic mass is 32.2. The molecule has 9 heteroatoms. The highest BCUT2D eigenvalue weighted by Crippen LogP contribution is 2.35. The number of hydrogen-bond donors (Lipinski definition) is 0. The molecule has 4 heterocycles. The van der Waals surface area contributed by atoms with Crippen LogP contribution >= 0.6 is 34.4 Å². The Morgan fingerprint density at radius 2 is 1.97 bits per heavy atom. The van der Waals surface area contributed by atoms with Crippen molar-refractivity contribution >= 4 is 44.7 Å². The Morgan fingerprint density at radius 1 is 1.10 bits per heavy atom. The zero-order valence-electron chi connectivity index (χ0n) is 15.2. The summed E-state index contributed by atoms with van der Waals surface area (Å²) in [6.45, 7) is 1.75. The molecule has 6 nitrogen and oxygen atoms in total. The van der Waals surface area contributed by atoms with E-state index < -0.39 is 0 Å². The number of benzene rings is 1. The van der Waals surface area contributed by atoms with Crippen molar-refractivity contribution in [2.24, 2.45) is 0 Å². The number of nitrogens with zero attached hydrogens (tertiary/aromatic N) is 4. The third-order valence-corrected chi connectivity index (χ3v) is 6.97. The minimum atomic E-state index is -0.0740. The molecule has 0 bridgehead atoms. The first kappa shape index (κ1) is 18.3. The number of para-hydroxylation sites is 1. The Balaban J connectivity index is 1.68. The molecule has 0 fully saturated rings. The fourth-order valence-electron chi connectivity index (χ4n) is 3.01. The van der Waals surface area contributed by atoms with E-state index in [0.717, 1.165) is 21.0 Å². The highest BCUT2D eigenvalue weighted by molar-refractivity contribution is 7.98. The molecule has 0 saturated heterocycles. The predicted molar refractivity (Wildman–Crippen MR) is 117 cm³/mol. The zero-order valence-corrected chi connectivity index (χ0v) is 17.7. The van der Waals surface area contributed by atoms with Gasteiger partial charge in [-0.15, -0.1) is 32.9 Å². The van der Waals surface area contributed by atoms with E-state index in [1.807, 2.05) is 53.2 Å². The lowest BCUT2D eigenvalue weighted by atomic mass is 10.2. The molecule has 5 aromatic rings. The first-order valence-electron chi connectivity index (χ1n) is 8.76. The summed E-state index contributed by atoms with van der Waals surface area (Å²) < 4.78 is 7.13. The van der Waals surface area contributed by atoms with Crippen LogP contribution in [0.4, 0.5) is 0 Å². The van der Waals surface area contributed by atoms with Gasteiger partial charge in [-0.2, -0.15) is 0 Å². The van der Waals surface area contributed by atoms with Gasteiger partial charge in [-0.25, -0.2) is 4.98 Å². The number of hydrogen-bond acceptors (Lipinski definition) is 8. The zero-order chi connectivity index (χ0) is 19.8. The van der Waals surface area contributed by atoms with E-state index in [1.54, 1.807) is 22.8 Å². The van der Waals surface area contributed by atoms with Crippen molar-refractivity contribution in [2.45, 2.75) is 17.8 Å². The molecule has 0 aliphatic carbocycles. The van der Waals surface area contributed by atoms with Crippen LogP contribution in [-0.2, 0) is 5.75 Å². The summed E-state index contributed by atoms with van der Waals surface area (Å²) in [6.07, 6.45) is 0. The summed E-state index contributed by atoms with van der Waals surface area (Å²) in [4.78, 5) is 20.2. The summed E-state index contributed by atoms with van der Waals surface area (Å²) in [5, 5.41) is 13.2. The van der Waals surface area contributed by atoms with Gasteiger partial charge in [-0.05, 0) is 23.6 Å². The smallest absolute Gasteiger partial charge is 0.268 e. The molecule has 0 radical (unpaired) electrons. The van der Waals surface area contributed by atoms with Crippen LogP contribution in [0.5, 0.6) is 0 Å². The van der Waals surface area contributed by atoms with Crippen LogP contribution in [0.2, 0.25) is 0 Å². The van der Waals surface area contributed by atoms with Crippen LogP contribution in [-0.4, -0.2) is 19.7 Å². The third-order valence-electron chi connectivity index (χ3n) is 4.27. The van der Waals surface area contributed by atoms with Gasteiger partial charge in [0.2, 0.25) is 11.8 Å². The summed E-state index contributed by atoms with van der Waals surface area (Å²) in [7, 11) is 0. The van der Waals surface area contributed by atoms with Crippen LogP contribution in [0, 0.1) is 6.92 Å². The molecule has 5 rings (SSSR count). The van der Waals surface area contributed by atoms with Gasteiger partial charge >= 0.3 is 0 Å². The van der Waals surface area contributed by atoms with E-state index >= 15 is 0 Å². The molecule has 29 heavy (non-hydrogen) atoms. The second-order valence-corrected chi connectivity index (χ2v) is 8.93. The number of aryl methyl sites for hydroxylation is 1. The number of thiophene rings is 2. The van der Waals surface area contributed by atoms with E-state index in [9.17, 15) is 4.79 Å². The second kappa shape index (κ2) is 7.58. The average Bonchev–Trinajstić information content (AvgIpc) is 3.47. The van der Waals surface area contributed by atoms with Gasteiger partial charge in [0, 0.05) is 22.7 Å². The van der Waals surface area contributed by atoms with Crippen molar-refractivity contribution < 1.29 is 4.42 Å². The van der Waals surface area contributed by atoms with Crippen molar-refractivity contribution in [3.8, 4) is 16.1 Å². The van der Waals surface area contributed by atoms with Crippen LogP contribution in [0.3, 0.4) is 0 Å². The quantitative estimate of drug-likeness (QED) is 0.279. The minimum Gasteiger partial charge on any atom is -0.425 e. The maximum Gasteiger partial charge on any atom is 0.268 e. The van der Waals surface area contributed by atoms with Crippen molar-refractivity contribution in [3.05, 3.63) is 75.4 Å². The second-order valence-electron chi connectivity index (χ2n) is 6.18. The molecule has 0 unspecified atom stereocenters. The van der Waals surface area contributed by atoms with Gasteiger partial charge in [0.05, 0.1) is 16.8 Å². The Bertz CT molecular complexity index is 1340. The van der Waals surface area contributed by atoms with Crippen LogP contribution in [0.15, 0.2) is 67.6 Å². The van der Waals surface area contributed by atoms with Gasteiger partial charge in [0.25, 0.3) is 5.56 Å². The van der Waals surface area contributed by atoms with E-state index in [4.69, 9.17) is 9.40 Å². The molecule has 4 aromatic heterocycles. The Morgan fingerprint density at radius 3 is 2.69 bits per heavy atom. The van der Waals surface area contributed by atoms with Gasteiger partial charge in [0.1, 0.15) is 4.83 Å². The predicted octanol–water partition coefficient (Wildman–Crippen LogP) is 5.16. The van der Waals surface area contributed by atoms with E-state index in [1.165, 1.54) is 23.1 Å². The maximum atomic E-state index is 13.6. The van der Waals surface area contributed by atoms with Crippen molar-refractivity contribution in [3.63, 3.8) is 0 Å². The van der Waals surface area contributed by atoms with E-state index in [0.29, 0.717) is 28.1 Å². The molecular formula is C20H14N4O2S3. The maximum absolute atomic E-state index is 13.6. The number of rotatable bonds is 5. The lowest BCUT2D eigenvalue weighted by Gasteiger charge is -2.11. The molecule has 0 saturated carbocycles. The summed E-state index contributed by atoms with van der Waals surface area (Å²) in [6, 6.07) is 13.6. The highest BCUT2D eigenvalue weighted by Gasteiger charge is 2.19. The van der Waals surface area contributed by atoms with Gasteiger partial charge in [0.15, 0.2) is 5.16 Å². The monoisotopic (exact) mass is 438 g/mol. The Hall–Kier alpha value is -2.75. The summed E-state index contributed by atoms with van der Waals surface area (Å²) in [5.41, 5.74) is 1.64. The molecular weight excluding hydrogens is 424 g/mol. The molecule has 0 spiro atoms. The van der Waals surface area contributed by atoms with Crippen molar-refractivity contribution in [2.75, 3.05) is 0 Å². The standard InChI is InChI=1S/C20H14N4O2S3/c1-12-22-23-16(26-12)11-29-20-21-18-17(14(10-28-18)15-8-5-9-27-15)19(25)24(20)13-6-3-2-4-7-13/h2-10H,11H2,1H3. The number of thioether (sulfide) groups is 1. The summed E-state index contributed by atoms with van der Waals surface area (Å²) >= 11 is 4.51. The number of aromatic nitrogens is 4. The van der Waals surface area contributed by atoms with Crippen molar-refractivity contribution in [1.82, 2.24) is 19.7 Å².